The zero-order valence-corrected chi connectivity index (χ0v) is 10.6. The smallest absolute Gasteiger partial charge is 0.227 e. The van der Waals surface area contributed by atoms with Crippen LogP contribution in [0, 0.1) is 6.92 Å². The number of benzene rings is 1. The van der Waals surface area contributed by atoms with Crippen molar-refractivity contribution >= 4 is 5.91 Å². The van der Waals surface area contributed by atoms with Gasteiger partial charge >= 0.3 is 0 Å². The molecule has 2 rings (SSSR count). The second-order valence-corrected chi connectivity index (χ2v) is 4.25. The normalized spacial score (nSPS) is 10.3. The minimum Gasteiger partial charge on any atom is -0.338 e. The molecule has 1 aromatic heterocycles. The van der Waals surface area contributed by atoms with Crippen molar-refractivity contribution in [2.45, 2.75) is 19.9 Å². The molecule has 1 heterocycles. The third-order valence-electron chi connectivity index (χ3n) is 2.65. The first-order valence-electron chi connectivity index (χ1n) is 5.81. The zero-order valence-electron chi connectivity index (χ0n) is 10.6. The van der Waals surface area contributed by atoms with Gasteiger partial charge in [0.15, 0.2) is 5.82 Å². The summed E-state index contributed by atoms with van der Waals surface area (Å²) in [5.74, 6) is 1.45. The molecule has 1 aromatic carbocycles. The SMILES string of the molecule is Cc1nc(CN(C)C(=O)Cc2ccccc2)n[nH]1. The third-order valence-corrected chi connectivity index (χ3v) is 2.65. The Kier molecular flexibility index (Phi) is 3.72. The van der Waals surface area contributed by atoms with E-state index >= 15 is 0 Å². The highest BCUT2D eigenvalue weighted by Gasteiger charge is 2.12. The Labute approximate surface area is 106 Å². The van der Waals surface area contributed by atoms with Crippen molar-refractivity contribution in [3.05, 3.63) is 47.5 Å². The molecule has 0 unspecified atom stereocenters. The summed E-state index contributed by atoms with van der Waals surface area (Å²) >= 11 is 0. The number of nitrogens with zero attached hydrogens (tertiary/aromatic N) is 3. The zero-order chi connectivity index (χ0) is 13.0. The molecule has 0 bridgehead atoms. The number of hydrogen-bond donors (Lipinski definition) is 1. The van der Waals surface area contributed by atoms with Crippen LogP contribution in [-0.2, 0) is 17.8 Å². The Hall–Kier alpha value is -2.17. The van der Waals surface area contributed by atoms with Gasteiger partial charge < -0.3 is 4.90 Å². The number of likely N-dealkylation sites (N-methyl/N-ethyl adjacent to an activating group) is 1. The number of carbonyl (C=O) groups is 1. The third kappa shape index (κ3) is 3.16. The van der Waals surface area contributed by atoms with E-state index in [9.17, 15) is 4.79 Å². The van der Waals surface area contributed by atoms with E-state index < -0.39 is 0 Å². The van der Waals surface area contributed by atoms with Gasteiger partial charge in [-0.2, -0.15) is 5.10 Å². The van der Waals surface area contributed by atoms with E-state index in [-0.39, 0.29) is 5.91 Å². The van der Waals surface area contributed by atoms with E-state index in [2.05, 4.69) is 15.2 Å². The number of aromatic amines is 1. The molecule has 0 fully saturated rings. The van der Waals surface area contributed by atoms with Gasteiger partial charge in [-0.15, -0.1) is 0 Å². The molecule has 0 saturated heterocycles. The van der Waals surface area contributed by atoms with Crippen LogP contribution in [-0.4, -0.2) is 33.0 Å². The molecular weight excluding hydrogens is 228 g/mol. The fraction of sp³-hybridized carbons (Fsp3) is 0.308. The van der Waals surface area contributed by atoms with Crippen LogP contribution in [0.4, 0.5) is 0 Å². The van der Waals surface area contributed by atoms with Crippen LogP contribution in [0.5, 0.6) is 0 Å². The number of nitrogens with one attached hydrogen (secondary N) is 1. The number of rotatable bonds is 4. The van der Waals surface area contributed by atoms with Crippen LogP contribution in [0.3, 0.4) is 0 Å². The van der Waals surface area contributed by atoms with Gasteiger partial charge in [-0.3, -0.25) is 9.89 Å². The number of carbonyl (C=O) groups excluding carboxylic acids is 1. The maximum atomic E-state index is 12.0. The van der Waals surface area contributed by atoms with Crippen LogP contribution in [0.15, 0.2) is 30.3 Å². The molecule has 0 spiro atoms. The van der Waals surface area contributed by atoms with Gasteiger partial charge in [0.2, 0.25) is 5.91 Å². The average molecular weight is 244 g/mol. The maximum Gasteiger partial charge on any atom is 0.227 e. The van der Waals surface area contributed by atoms with Crippen molar-refractivity contribution in [2.75, 3.05) is 7.05 Å². The quantitative estimate of drug-likeness (QED) is 0.882. The molecule has 94 valence electrons. The minimum atomic E-state index is 0.0589. The lowest BCUT2D eigenvalue weighted by Crippen LogP contribution is -2.28. The lowest BCUT2D eigenvalue weighted by molar-refractivity contribution is -0.129. The maximum absolute atomic E-state index is 12.0. The minimum absolute atomic E-state index is 0.0589. The van der Waals surface area contributed by atoms with Gasteiger partial charge in [-0.1, -0.05) is 30.3 Å². The van der Waals surface area contributed by atoms with Gasteiger partial charge in [-0.05, 0) is 12.5 Å². The fourth-order valence-corrected chi connectivity index (χ4v) is 1.67. The number of aromatic nitrogens is 3. The van der Waals surface area contributed by atoms with Crippen molar-refractivity contribution < 1.29 is 4.79 Å². The van der Waals surface area contributed by atoms with Crippen molar-refractivity contribution in [3.8, 4) is 0 Å². The molecule has 0 atom stereocenters. The fourth-order valence-electron chi connectivity index (χ4n) is 1.67. The molecule has 5 nitrogen and oxygen atoms in total. The van der Waals surface area contributed by atoms with E-state index in [4.69, 9.17) is 0 Å². The lowest BCUT2D eigenvalue weighted by atomic mass is 10.1. The Balaban J connectivity index is 1.93. The summed E-state index contributed by atoms with van der Waals surface area (Å²) in [4.78, 5) is 17.8. The van der Waals surface area contributed by atoms with E-state index in [0.717, 1.165) is 11.4 Å². The van der Waals surface area contributed by atoms with Crippen molar-refractivity contribution in [2.24, 2.45) is 0 Å². The highest BCUT2D eigenvalue weighted by Crippen LogP contribution is 2.04. The molecule has 0 aliphatic heterocycles. The Bertz CT molecular complexity index is 521. The van der Waals surface area contributed by atoms with Crippen LogP contribution in [0.2, 0.25) is 0 Å². The molecule has 1 N–H and O–H groups in total. The largest absolute Gasteiger partial charge is 0.338 e. The Morgan fingerprint density at radius 1 is 1.33 bits per heavy atom. The average Bonchev–Trinajstić information content (AvgIpc) is 2.76. The summed E-state index contributed by atoms with van der Waals surface area (Å²) in [7, 11) is 1.76. The second kappa shape index (κ2) is 5.44. The highest BCUT2D eigenvalue weighted by atomic mass is 16.2. The molecule has 5 heteroatoms. The van der Waals surface area contributed by atoms with E-state index in [1.54, 1.807) is 11.9 Å². The van der Waals surface area contributed by atoms with Crippen molar-refractivity contribution in [1.29, 1.82) is 0 Å². The van der Waals surface area contributed by atoms with Crippen molar-refractivity contribution in [3.63, 3.8) is 0 Å². The molecule has 2 aromatic rings. The number of aryl methyl sites for hydroxylation is 1. The molecule has 0 aliphatic rings. The summed E-state index contributed by atoms with van der Waals surface area (Å²) < 4.78 is 0. The lowest BCUT2D eigenvalue weighted by Gasteiger charge is -2.15. The van der Waals surface area contributed by atoms with E-state index in [0.29, 0.717) is 18.8 Å². The van der Waals surface area contributed by atoms with Crippen molar-refractivity contribution in [1.82, 2.24) is 20.1 Å². The predicted molar refractivity (Wildman–Crippen MR) is 67.7 cm³/mol. The first-order valence-corrected chi connectivity index (χ1v) is 5.81. The molecule has 0 radical (unpaired) electrons. The predicted octanol–water partition coefficient (Wildman–Crippen LogP) is 1.31. The summed E-state index contributed by atoms with van der Waals surface area (Å²) in [6, 6.07) is 9.70. The van der Waals surface area contributed by atoms with Gasteiger partial charge in [-0.25, -0.2) is 4.98 Å². The summed E-state index contributed by atoms with van der Waals surface area (Å²) in [5, 5.41) is 6.78. The molecule has 0 saturated carbocycles. The van der Waals surface area contributed by atoms with Crippen LogP contribution in [0.1, 0.15) is 17.2 Å². The standard InChI is InChI=1S/C13H16N4O/c1-10-14-12(16-15-10)9-17(2)13(18)8-11-6-4-3-5-7-11/h3-7H,8-9H2,1-2H3,(H,14,15,16). The summed E-state index contributed by atoms with van der Waals surface area (Å²) in [6.07, 6.45) is 0.404. The number of hydrogen-bond acceptors (Lipinski definition) is 3. The summed E-state index contributed by atoms with van der Waals surface area (Å²) in [5.41, 5.74) is 1.01. The monoisotopic (exact) mass is 244 g/mol. The van der Waals surface area contributed by atoms with Gasteiger partial charge in [0, 0.05) is 7.05 Å². The number of amides is 1. The Morgan fingerprint density at radius 3 is 2.67 bits per heavy atom. The number of H-pyrrole nitrogens is 1. The van der Waals surface area contributed by atoms with Crippen LogP contribution in [0.25, 0.3) is 0 Å². The van der Waals surface area contributed by atoms with Gasteiger partial charge in [0.1, 0.15) is 5.82 Å². The first-order chi connectivity index (χ1) is 8.65. The molecule has 18 heavy (non-hydrogen) atoms. The first kappa shape index (κ1) is 12.3. The van der Waals surface area contributed by atoms with Gasteiger partial charge in [0.05, 0.1) is 13.0 Å². The Morgan fingerprint density at radius 2 is 2.06 bits per heavy atom. The topological polar surface area (TPSA) is 61.9 Å². The van der Waals surface area contributed by atoms with Gasteiger partial charge in [0.25, 0.3) is 0 Å². The second-order valence-electron chi connectivity index (χ2n) is 4.25. The highest BCUT2D eigenvalue weighted by molar-refractivity contribution is 5.78. The van der Waals surface area contributed by atoms with E-state index in [1.165, 1.54) is 0 Å². The molecule has 0 aliphatic carbocycles. The molecule has 1 amide bonds. The van der Waals surface area contributed by atoms with Crippen LogP contribution >= 0.6 is 0 Å². The van der Waals surface area contributed by atoms with Crippen LogP contribution < -0.4 is 0 Å². The molecular formula is C13H16N4O. The summed E-state index contributed by atoms with van der Waals surface area (Å²) in [6.45, 7) is 2.26. The van der Waals surface area contributed by atoms with E-state index in [1.807, 2.05) is 37.3 Å².